The van der Waals surface area contributed by atoms with Gasteiger partial charge in [0.05, 0.1) is 12.7 Å². The second-order valence-electron chi connectivity index (χ2n) is 4.65. The number of anilines is 1. The zero-order valence-corrected chi connectivity index (χ0v) is 10.6. The van der Waals surface area contributed by atoms with Crippen LogP contribution >= 0.6 is 0 Å². The Morgan fingerprint density at radius 3 is 2.72 bits per heavy atom. The molecular formula is C14H19NO3. The standard InChI is InChI=1S/C14H19NO3/c1-11(16)2-3-12-4-6-13(7-5-12)15-8-9-18-10-14(15)17/h4-7,11,16H,2-3,8-10H2,1H3/t11-/m1/s1. The Balaban J connectivity index is 2.00. The van der Waals surface area contributed by atoms with Gasteiger partial charge in [-0.15, -0.1) is 0 Å². The van der Waals surface area contributed by atoms with E-state index in [0.717, 1.165) is 18.5 Å². The number of rotatable bonds is 4. The van der Waals surface area contributed by atoms with Crippen molar-refractivity contribution >= 4 is 11.6 Å². The Hall–Kier alpha value is -1.39. The van der Waals surface area contributed by atoms with Gasteiger partial charge in [0.15, 0.2) is 0 Å². The quantitative estimate of drug-likeness (QED) is 0.876. The smallest absolute Gasteiger partial charge is 0.253 e. The summed E-state index contributed by atoms with van der Waals surface area (Å²) in [6.07, 6.45) is 1.34. The highest BCUT2D eigenvalue weighted by Crippen LogP contribution is 2.18. The highest BCUT2D eigenvalue weighted by atomic mass is 16.5. The Labute approximate surface area is 107 Å². The maximum atomic E-state index is 11.7. The topological polar surface area (TPSA) is 49.8 Å². The number of carbonyl (C=O) groups is 1. The minimum atomic E-state index is -0.273. The molecule has 1 aromatic rings. The predicted octanol–water partition coefficient (Wildman–Crippen LogP) is 1.36. The van der Waals surface area contributed by atoms with Crippen molar-refractivity contribution in [1.82, 2.24) is 0 Å². The molecule has 0 unspecified atom stereocenters. The van der Waals surface area contributed by atoms with Crippen LogP contribution in [0.5, 0.6) is 0 Å². The maximum Gasteiger partial charge on any atom is 0.253 e. The van der Waals surface area contributed by atoms with Gasteiger partial charge in [0, 0.05) is 12.2 Å². The predicted molar refractivity (Wildman–Crippen MR) is 69.6 cm³/mol. The fraction of sp³-hybridized carbons (Fsp3) is 0.500. The summed E-state index contributed by atoms with van der Waals surface area (Å²) in [5.74, 6) is 0.0120. The fourth-order valence-electron chi connectivity index (χ4n) is 2.01. The van der Waals surface area contributed by atoms with Crippen molar-refractivity contribution < 1.29 is 14.6 Å². The number of aliphatic hydroxyl groups is 1. The van der Waals surface area contributed by atoms with Crippen molar-refractivity contribution in [3.8, 4) is 0 Å². The lowest BCUT2D eigenvalue weighted by Crippen LogP contribution is -2.41. The molecule has 0 bridgehead atoms. The third-order valence-electron chi connectivity index (χ3n) is 3.08. The first-order valence-corrected chi connectivity index (χ1v) is 6.32. The summed E-state index contributed by atoms with van der Waals surface area (Å²) < 4.78 is 5.10. The number of nitrogens with zero attached hydrogens (tertiary/aromatic N) is 1. The summed E-state index contributed by atoms with van der Waals surface area (Å²) in [7, 11) is 0. The Kier molecular flexibility index (Phi) is 4.33. The van der Waals surface area contributed by atoms with Crippen molar-refractivity contribution in [3.05, 3.63) is 29.8 Å². The van der Waals surface area contributed by atoms with Crippen LogP contribution in [0.15, 0.2) is 24.3 Å². The molecule has 1 heterocycles. The molecule has 4 nitrogen and oxygen atoms in total. The molecule has 4 heteroatoms. The van der Waals surface area contributed by atoms with Crippen molar-refractivity contribution in [1.29, 1.82) is 0 Å². The normalized spacial score (nSPS) is 17.9. The van der Waals surface area contributed by atoms with Gasteiger partial charge in [-0.1, -0.05) is 12.1 Å². The Bertz CT molecular complexity index is 400. The largest absolute Gasteiger partial charge is 0.393 e. The van der Waals surface area contributed by atoms with Crippen LogP contribution in [0.4, 0.5) is 5.69 Å². The lowest BCUT2D eigenvalue weighted by molar-refractivity contribution is -0.125. The van der Waals surface area contributed by atoms with Gasteiger partial charge >= 0.3 is 0 Å². The molecule has 0 spiro atoms. The average molecular weight is 249 g/mol. The second kappa shape index (κ2) is 5.98. The van der Waals surface area contributed by atoms with Gasteiger partial charge in [-0.2, -0.15) is 0 Å². The van der Waals surface area contributed by atoms with Gasteiger partial charge in [-0.25, -0.2) is 0 Å². The molecule has 2 rings (SSSR count). The van der Waals surface area contributed by atoms with Crippen LogP contribution in [0.1, 0.15) is 18.9 Å². The number of carbonyl (C=O) groups excluding carboxylic acids is 1. The lowest BCUT2D eigenvalue weighted by atomic mass is 10.1. The summed E-state index contributed by atoms with van der Waals surface area (Å²) >= 11 is 0. The highest BCUT2D eigenvalue weighted by molar-refractivity contribution is 5.94. The van der Waals surface area contributed by atoms with Gasteiger partial charge < -0.3 is 14.7 Å². The van der Waals surface area contributed by atoms with Gasteiger partial charge in [0.25, 0.3) is 5.91 Å². The summed E-state index contributed by atoms with van der Waals surface area (Å²) in [5, 5.41) is 9.24. The molecule has 1 aromatic carbocycles. The molecule has 18 heavy (non-hydrogen) atoms. The van der Waals surface area contributed by atoms with E-state index in [4.69, 9.17) is 4.74 Å². The first kappa shape index (κ1) is 13.1. The molecule has 1 saturated heterocycles. The van der Waals surface area contributed by atoms with Crippen LogP contribution in [0.2, 0.25) is 0 Å². The van der Waals surface area contributed by atoms with Gasteiger partial charge in [-0.05, 0) is 37.5 Å². The highest BCUT2D eigenvalue weighted by Gasteiger charge is 2.19. The lowest BCUT2D eigenvalue weighted by Gasteiger charge is -2.26. The first-order valence-electron chi connectivity index (χ1n) is 6.32. The van der Waals surface area contributed by atoms with Crippen LogP contribution in [0, 0.1) is 0 Å². The van der Waals surface area contributed by atoms with Crippen LogP contribution in [0.3, 0.4) is 0 Å². The van der Waals surface area contributed by atoms with Crippen molar-refractivity contribution in [2.24, 2.45) is 0 Å². The van der Waals surface area contributed by atoms with Crippen LogP contribution < -0.4 is 4.90 Å². The van der Waals surface area contributed by atoms with E-state index >= 15 is 0 Å². The van der Waals surface area contributed by atoms with E-state index in [1.54, 1.807) is 11.8 Å². The third kappa shape index (κ3) is 3.31. The second-order valence-corrected chi connectivity index (χ2v) is 4.65. The minimum absolute atomic E-state index is 0.0120. The van der Waals surface area contributed by atoms with Gasteiger partial charge in [0.2, 0.25) is 0 Å². The molecule has 1 aliphatic rings. The van der Waals surface area contributed by atoms with E-state index < -0.39 is 0 Å². The fourth-order valence-corrected chi connectivity index (χ4v) is 2.01. The molecule has 1 aliphatic heterocycles. The molecule has 1 N–H and O–H groups in total. The monoisotopic (exact) mass is 249 g/mol. The van der Waals surface area contributed by atoms with Crippen molar-refractivity contribution in [2.75, 3.05) is 24.7 Å². The molecule has 1 fully saturated rings. The number of hydrogen-bond donors (Lipinski definition) is 1. The SMILES string of the molecule is C[C@@H](O)CCc1ccc(N2CCOCC2=O)cc1. The van der Waals surface area contributed by atoms with Crippen molar-refractivity contribution in [3.63, 3.8) is 0 Å². The van der Waals surface area contributed by atoms with E-state index in [1.165, 1.54) is 5.56 Å². The van der Waals surface area contributed by atoms with Crippen LogP contribution in [-0.4, -0.2) is 36.9 Å². The molecular weight excluding hydrogens is 230 g/mol. The Morgan fingerprint density at radius 1 is 1.39 bits per heavy atom. The van der Waals surface area contributed by atoms with E-state index in [0.29, 0.717) is 13.2 Å². The average Bonchev–Trinajstić information content (AvgIpc) is 2.38. The molecule has 0 aromatic heterocycles. The van der Waals surface area contributed by atoms with Gasteiger partial charge in [0.1, 0.15) is 6.61 Å². The Morgan fingerprint density at radius 2 is 2.11 bits per heavy atom. The number of aliphatic hydroxyl groups excluding tert-OH is 1. The molecule has 0 aliphatic carbocycles. The van der Waals surface area contributed by atoms with E-state index in [2.05, 4.69) is 0 Å². The number of hydrogen-bond acceptors (Lipinski definition) is 3. The molecule has 98 valence electrons. The van der Waals surface area contributed by atoms with E-state index in [9.17, 15) is 9.90 Å². The van der Waals surface area contributed by atoms with Crippen molar-refractivity contribution in [2.45, 2.75) is 25.9 Å². The molecule has 1 amide bonds. The van der Waals surface area contributed by atoms with Gasteiger partial charge in [-0.3, -0.25) is 4.79 Å². The zero-order chi connectivity index (χ0) is 13.0. The summed E-state index contributed by atoms with van der Waals surface area (Å²) in [4.78, 5) is 13.4. The molecule has 0 radical (unpaired) electrons. The zero-order valence-electron chi connectivity index (χ0n) is 10.6. The molecule has 0 saturated carbocycles. The summed E-state index contributed by atoms with van der Waals surface area (Å²) in [6.45, 7) is 3.17. The summed E-state index contributed by atoms with van der Waals surface area (Å²) in [5.41, 5.74) is 2.10. The third-order valence-corrected chi connectivity index (χ3v) is 3.08. The number of morpholine rings is 1. The summed E-state index contributed by atoms with van der Waals surface area (Å²) in [6, 6.07) is 7.95. The number of ether oxygens (including phenoxy) is 1. The minimum Gasteiger partial charge on any atom is -0.393 e. The first-order chi connectivity index (χ1) is 8.66. The van der Waals surface area contributed by atoms with E-state index in [-0.39, 0.29) is 18.6 Å². The van der Waals surface area contributed by atoms with Crippen LogP contribution in [0.25, 0.3) is 0 Å². The van der Waals surface area contributed by atoms with E-state index in [1.807, 2.05) is 24.3 Å². The number of amides is 1. The number of benzene rings is 1. The molecule has 1 atom stereocenters. The maximum absolute atomic E-state index is 11.7. The van der Waals surface area contributed by atoms with Crippen LogP contribution in [-0.2, 0) is 16.0 Å². The number of aryl methyl sites for hydroxylation is 1.